The van der Waals surface area contributed by atoms with Crippen LogP contribution in [0.4, 0.5) is 0 Å². The van der Waals surface area contributed by atoms with Crippen LogP contribution >= 0.6 is 11.8 Å². The second-order valence-corrected chi connectivity index (χ2v) is 5.91. The van der Waals surface area contributed by atoms with Gasteiger partial charge < -0.3 is 14.4 Å². The highest BCUT2D eigenvalue weighted by molar-refractivity contribution is 7.99. The Morgan fingerprint density at radius 2 is 2.22 bits per heavy atom. The highest BCUT2D eigenvalue weighted by atomic mass is 32.2. The van der Waals surface area contributed by atoms with Gasteiger partial charge in [0.15, 0.2) is 11.5 Å². The predicted octanol–water partition coefficient (Wildman–Crippen LogP) is 1.08. The molecule has 0 aliphatic carbocycles. The summed E-state index contributed by atoms with van der Waals surface area (Å²) in [5.74, 6) is 1.81. The van der Waals surface area contributed by atoms with Gasteiger partial charge in [0.2, 0.25) is 17.9 Å². The van der Waals surface area contributed by atoms with Crippen molar-refractivity contribution in [3.63, 3.8) is 0 Å². The largest absolute Gasteiger partial charge is 0.454 e. The molecule has 2 heterocycles. The van der Waals surface area contributed by atoms with Crippen molar-refractivity contribution >= 4 is 17.7 Å². The van der Waals surface area contributed by atoms with E-state index >= 15 is 0 Å². The molecule has 23 heavy (non-hydrogen) atoms. The summed E-state index contributed by atoms with van der Waals surface area (Å²) in [6, 6.07) is 5.73. The number of amides is 1. The molecule has 122 valence electrons. The maximum absolute atomic E-state index is 12.4. The van der Waals surface area contributed by atoms with Crippen molar-refractivity contribution in [2.45, 2.75) is 18.6 Å². The topological polar surface area (TPSA) is 82.4 Å². The maximum Gasteiger partial charge on any atom is 0.233 e. The molecular formula is C14H17N5O3S. The van der Waals surface area contributed by atoms with Crippen molar-refractivity contribution in [2.75, 3.05) is 19.1 Å². The summed E-state index contributed by atoms with van der Waals surface area (Å²) in [4.78, 5) is 14.2. The fraction of sp³-hybridized carbons (Fsp3) is 0.429. The summed E-state index contributed by atoms with van der Waals surface area (Å²) in [7, 11) is 1.75. The summed E-state index contributed by atoms with van der Waals surface area (Å²) in [5.41, 5.74) is 1.01. The lowest BCUT2D eigenvalue weighted by atomic mass is 10.2. The number of thioether (sulfide) groups is 1. The highest BCUT2D eigenvalue weighted by Gasteiger charge is 2.17. The van der Waals surface area contributed by atoms with Gasteiger partial charge in [0.1, 0.15) is 0 Å². The van der Waals surface area contributed by atoms with E-state index in [2.05, 4.69) is 15.5 Å². The van der Waals surface area contributed by atoms with Crippen LogP contribution in [0.3, 0.4) is 0 Å². The highest BCUT2D eigenvalue weighted by Crippen LogP contribution is 2.32. The summed E-state index contributed by atoms with van der Waals surface area (Å²) in [5, 5.41) is 11.8. The summed E-state index contributed by atoms with van der Waals surface area (Å²) >= 11 is 1.33. The first-order valence-corrected chi connectivity index (χ1v) is 8.17. The van der Waals surface area contributed by atoms with Crippen LogP contribution in [-0.4, -0.2) is 50.1 Å². The van der Waals surface area contributed by atoms with E-state index in [-0.39, 0.29) is 12.7 Å². The molecule has 1 aliphatic heterocycles. The summed E-state index contributed by atoms with van der Waals surface area (Å²) < 4.78 is 12.2. The van der Waals surface area contributed by atoms with Crippen molar-refractivity contribution in [3.8, 4) is 11.5 Å². The van der Waals surface area contributed by atoms with E-state index in [0.29, 0.717) is 24.0 Å². The van der Waals surface area contributed by atoms with Crippen LogP contribution < -0.4 is 9.47 Å². The molecule has 9 heteroatoms. The molecule has 0 radical (unpaired) electrons. The van der Waals surface area contributed by atoms with E-state index in [1.54, 1.807) is 16.6 Å². The van der Waals surface area contributed by atoms with Crippen LogP contribution in [0.25, 0.3) is 0 Å². The number of fused-ring (bicyclic) bond motifs is 1. The van der Waals surface area contributed by atoms with Crippen LogP contribution in [0.15, 0.2) is 23.4 Å². The van der Waals surface area contributed by atoms with Gasteiger partial charge in [-0.2, -0.15) is 0 Å². The first-order valence-electron chi connectivity index (χ1n) is 7.19. The number of tetrazole rings is 1. The second kappa shape index (κ2) is 6.86. The zero-order valence-corrected chi connectivity index (χ0v) is 13.7. The van der Waals surface area contributed by atoms with Crippen LogP contribution in [0.2, 0.25) is 0 Å². The van der Waals surface area contributed by atoms with Gasteiger partial charge in [0.25, 0.3) is 0 Å². The van der Waals surface area contributed by atoms with Gasteiger partial charge in [-0.05, 0) is 35.0 Å². The van der Waals surface area contributed by atoms with Crippen LogP contribution in [-0.2, 0) is 18.4 Å². The first-order chi connectivity index (χ1) is 11.2. The fourth-order valence-corrected chi connectivity index (χ4v) is 2.95. The molecule has 0 fully saturated rings. The normalized spacial score (nSPS) is 12.4. The standard InChI is InChI=1S/C14H17N5O3S/c1-3-19(13(20)8-23-14-15-16-17-18(14)2)7-10-4-5-11-12(6-10)22-9-21-11/h4-6H,3,7-9H2,1-2H3. The third-order valence-corrected chi connectivity index (χ3v) is 4.45. The summed E-state index contributed by atoms with van der Waals surface area (Å²) in [6.07, 6.45) is 0. The number of aromatic nitrogens is 4. The van der Waals surface area contributed by atoms with Gasteiger partial charge in [0.05, 0.1) is 5.75 Å². The predicted molar refractivity (Wildman–Crippen MR) is 83.2 cm³/mol. The molecule has 1 aromatic carbocycles. The zero-order valence-electron chi connectivity index (χ0n) is 12.9. The smallest absolute Gasteiger partial charge is 0.233 e. The minimum atomic E-state index is 0.0400. The van der Waals surface area contributed by atoms with Crippen LogP contribution in [0.1, 0.15) is 12.5 Å². The third-order valence-electron chi connectivity index (χ3n) is 3.45. The van der Waals surface area contributed by atoms with E-state index in [1.807, 2.05) is 25.1 Å². The first kappa shape index (κ1) is 15.6. The molecule has 0 unspecified atom stereocenters. The minimum Gasteiger partial charge on any atom is -0.454 e. The maximum atomic E-state index is 12.4. The number of ether oxygens (including phenoxy) is 2. The van der Waals surface area contributed by atoms with Gasteiger partial charge in [0, 0.05) is 20.1 Å². The Kier molecular flexibility index (Phi) is 4.65. The lowest BCUT2D eigenvalue weighted by Gasteiger charge is -2.20. The second-order valence-electron chi connectivity index (χ2n) is 4.97. The van der Waals surface area contributed by atoms with Gasteiger partial charge in [-0.3, -0.25) is 4.79 Å². The molecule has 0 atom stereocenters. The van der Waals surface area contributed by atoms with Gasteiger partial charge in [-0.25, -0.2) is 4.68 Å². The number of rotatable bonds is 6. The van der Waals surface area contributed by atoms with E-state index in [1.165, 1.54) is 11.8 Å². The third kappa shape index (κ3) is 3.55. The molecule has 3 rings (SSSR count). The van der Waals surface area contributed by atoms with Crippen LogP contribution in [0.5, 0.6) is 11.5 Å². The molecule has 1 aromatic heterocycles. The number of aryl methyl sites for hydroxylation is 1. The SMILES string of the molecule is CCN(Cc1ccc2c(c1)OCO2)C(=O)CSc1nnnn1C. The van der Waals surface area contributed by atoms with Crippen molar-refractivity contribution in [3.05, 3.63) is 23.8 Å². The average Bonchev–Trinajstić information content (AvgIpc) is 3.18. The van der Waals surface area contributed by atoms with E-state index in [4.69, 9.17) is 9.47 Å². The number of hydrogen-bond donors (Lipinski definition) is 0. The molecule has 1 amide bonds. The number of nitrogens with zero attached hydrogens (tertiary/aromatic N) is 5. The number of hydrogen-bond acceptors (Lipinski definition) is 7. The number of carbonyl (C=O) groups is 1. The van der Waals surface area contributed by atoms with Gasteiger partial charge in [-0.15, -0.1) is 5.10 Å². The Balaban J connectivity index is 1.60. The quantitative estimate of drug-likeness (QED) is 0.731. The fourth-order valence-electron chi connectivity index (χ4n) is 2.20. The minimum absolute atomic E-state index is 0.0400. The molecule has 2 aromatic rings. The molecule has 1 aliphatic rings. The molecule has 0 bridgehead atoms. The van der Waals surface area contributed by atoms with E-state index < -0.39 is 0 Å². The van der Waals surface area contributed by atoms with Gasteiger partial charge >= 0.3 is 0 Å². The molecule has 0 spiro atoms. The molecular weight excluding hydrogens is 318 g/mol. The lowest BCUT2D eigenvalue weighted by molar-refractivity contribution is -0.128. The zero-order chi connectivity index (χ0) is 16.2. The Labute approximate surface area is 137 Å². The number of carbonyl (C=O) groups excluding carboxylic acids is 1. The Morgan fingerprint density at radius 3 is 2.96 bits per heavy atom. The molecule has 8 nitrogen and oxygen atoms in total. The van der Waals surface area contributed by atoms with Crippen molar-refractivity contribution in [2.24, 2.45) is 7.05 Å². The van der Waals surface area contributed by atoms with E-state index in [0.717, 1.165) is 17.1 Å². The van der Waals surface area contributed by atoms with Gasteiger partial charge in [-0.1, -0.05) is 17.8 Å². The molecule has 0 N–H and O–H groups in total. The van der Waals surface area contributed by atoms with Crippen molar-refractivity contribution in [1.82, 2.24) is 25.1 Å². The molecule has 0 saturated carbocycles. The average molecular weight is 335 g/mol. The molecule has 0 saturated heterocycles. The van der Waals surface area contributed by atoms with Crippen molar-refractivity contribution < 1.29 is 14.3 Å². The Bertz CT molecular complexity index is 705. The van der Waals surface area contributed by atoms with Crippen LogP contribution in [0, 0.1) is 0 Å². The number of benzene rings is 1. The van der Waals surface area contributed by atoms with Crippen molar-refractivity contribution in [1.29, 1.82) is 0 Å². The summed E-state index contributed by atoms with van der Waals surface area (Å²) in [6.45, 7) is 3.37. The monoisotopic (exact) mass is 335 g/mol. The Morgan fingerprint density at radius 1 is 1.39 bits per heavy atom. The Hall–Kier alpha value is -2.29. The lowest BCUT2D eigenvalue weighted by Crippen LogP contribution is -2.31. The van der Waals surface area contributed by atoms with E-state index in [9.17, 15) is 4.79 Å².